The van der Waals surface area contributed by atoms with Crippen LogP contribution in [0.2, 0.25) is 5.02 Å². The molecule has 0 aromatic heterocycles. The third kappa shape index (κ3) is 3.26. The van der Waals surface area contributed by atoms with Crippen molar-refractivity contribution in [3.63, 3.8) is 0 Å². The van der Waals surface area contributed by atoms with Gasteiger partial charge in [0.25, 0.3) is 5.91 Å². The summed E-state index contributed by atoms with van der Waals surface area (Å²) in [5, 5.41) is 18.6. The van der Waals surface area contributed by atoms with Gasteiger partial charge in [0.1, 0.15) is 4.32 Å². The van der Waals surface area contributed by atoms with Crippen molar-refractivity contribution in [3.8, 4) is 0 Å². The summed E-state index contributed by atoms with van der Waals surface area (Å²) in [6, 6.07) is 5.57. The van der Waals surface area contributed by atoms with Crippen molar-refractivity contribution in [2.75, 3.05) is 6.61 Å². The van der Waals surface area contributed by atoms with Crippen molar-refractivity contribution in [1.29, 1.82) is 0 Å². The Balaban J connectivity index is 2.34. The summed E-state index contributed by atoms with van der Waals surface area (Å²) in [6.45, 7) is -0.707. The minimum atomic E-state index is -1.38. The number of halogens is 1. The summed E-state index contributed by atoms with van der Waals surface area (Å²) in [5.74, 6) is -1.86. The maximum Gasteiger partial charge on any atom is 0.329 e. The van der Waals surface area contributed by atoms with E-state index in [9.17, 15) is 9.59 Å². The van der Waals surface area contributed by atoms with E-state index in [1.807, 2.05) is 0 Å². The number of thiocarbonyl (C=S) groups is 1. The molecule has 0 radical (unpaired) electrons. The van der Waals surface area contributed by atoms with Crippen LogP contribution in [-0.4, -0.2) is 44.0 Å². The highest BCUT2D eigenvalue weighted by molar-refractivity contribution is 8.26. The molecule has 1 unspecified atom stereocenters. The normalized spacial score (nSPS) is 18.4. The number of hydrogen-bond donors (Lipinski definition) is 2. The molecule has 1 heterocycles. The number of hydrogen-bond acceptors (Lipinski definition) is 5. The van der Waals surface area contributed by atoms with Gasteiger partial charge in [0.2, 0.25) is 0 Å². The number of benzene rings is 1. The van der Waals surface area contributed by atoms with E-state index in [0.29, 0.717) is 10.6 Å². The number of thioether (sulfide) groups is 1. The molecule has 1 aliphatic heterocycles. The van der Waals surface area contributed by atoms with Crippen LogP contribution in [0.3, 0.4) is 0 Å². The topological polar surface area (TPSA) is 77.8 Å². The minimum Gasteiger partial charge on any atom is -0.480 e. The molecule has 1 amide bonds. The van der Waals surface area contributed by atoms with E-state index in [0.717, 1.165) is 16.7 Å². The Labute approximate surface area is 135 Å². The van der Waals surface area contributed by atoms with Gasteiger partial charge in [-0.25, -0.2) is 4.79 Å². The molecule has 0 bridgehead atoms. The lowest BCUT2D eigenvalue weighted by Gasteiger charge is -2.20. The second kappa shape index (κ2) is 6.57. The van der Waals surface area contributed by atoms with E-state index in [-0.39, 0.29) is 9.23 Å². The van der Waals surface area contributed by atoms with Crippen LogP contribution in [0.1, 0.15) is 5.56 Å². The molecule has 8 heteroatoms. The first-order valence-electron chi connectivity index (χ1n) is 5.81. The summed E-state index contributed by atoms with van der Waals surface area (Å²) in [5.41, 5.74) is 0.635. The number of carbonyl (C=O) groups is 2. The number of amides is 1. The van der Waals surface area contributed by atoms with E-state index < -0.39 is 24.5 Å². The van der Waals surface area contributed by atoms with Crippen molar-refractivity contribution in [2.24, 2.45) is 0 Å². The summed E-state index contributed by atoms with van der Waals surface area (Å²) in [6.07, 6.45) is 1.55. The second-order valence-electron chi connectivity index (χ2n) is 4.11. The Morgan fingerprint density at radius 3 is 2.71 bits per heavy atom. The highest BCUT2D eigenvalue weighted by Gasteiger charge is 2.40. The number of carbonyl (C=O) groups excluding carboxylic acids is 1. The van der Waals surface area contributed by atoms with Gasteiger partial charge >= 0.3 is 5.97 Å². The van der Waals surface area contributed by atoms with E-state index in [4.69, 9.17) is 34.0 Å². The number of nitrogens with zero attached hydrogens (tertiary/aromatic N) is 1. The first-order valence-corrected chi connectivity index (χ1v) is 7.41. The summed E-state index contributed by atoms with van der Waals surface area (Å²) >= 11 is 12.0. The fourth-order valence-corrected chi connectivity index (χ4v) is 3.29. The zero-order valence-corrected chi connectivity index (χ0v) is 12.9. The van der Waals surface area contributed by atoms with Gasteiger partial charge in [0, 0.05) is 5.02 Å². The van der Waals surface area contributed by atoms with Gasteiger partial charge in [-0.2, -0.15) is 0 Å². The molecule has 1 atom stereocenters. The third-order valence-electron chi connectivity index (χ3n) is 2.79. The molecule has 1 aliphatic rings. The average Bonchev–Trinajstić information content (AvgIpc) is 2.70. The Morgan fingerprint density at radius 2 is 2.14 bits per heavy atom. The Morgan fingerprint density at radius 1 is 1.48 bits per heavy atom. The largest absolute Gasteiger partial charge is 0.480 e. The minimum absolute atomic E-state index is 0.0970. The second-order valence-corrected chi connectivity index (χ2v) is 6.19. The molecular formula is C13H10ClNO4S2. The van der Waals surface area contributed by atoms with Gasteiger partial charge in [0.05, 0.1) is 11.5 Å². The van der Waals surface area contributed by atoms with Crippen LogP contribution >= 0.6 is 35.6 Å². The van der Waals surface area contributed by atoms with Crippen LogP contribution in [0.15, 0.2) is 29.2 Å². The van der Waals surface area contributed by atoms with Crippen LogP contribution in [0.25, 0.3) is 6.08 Å². The summed E-state index contributed by atoms with van der Waals surface area (Å²) in [4.78, 5) is 24.5. The van der Waals surface area contributed by atoms with Crippen LogP contribution < -0.4 is 0 Å². The molecule has 21 heavy (non-hydrogen) atoms. The first-order chi connectivity index (χ1) is 9.95. The van der Waals surface area contributed by atoms with E-state index >= 15 is 0 Å². The molecule has 1 saturated heterocycles. The Kier molecular flexibility index (Phi) is 5.00. The number of aliphatic hydroxyl groups excluding tert-OH is 1. The SMILES string of the molecule is O=C(O)C(CO)N1C(=O)C(=Cc2ccccc2Cl)SC1=S. The standard InChI is InChI=1S/C13H10ClNO4S2/c14-8-4-2-1-3-7(8)5-10-11(17)15(13(20)21-10)9(6-16)12(18)19/h1-5,9,16H,6H2,(H,18,19). The quantitative estimate of drug-likeness (QED) is 0.643. The molecule has 2 rings (SSSR count). The van der Waals surface area contributed by atoms with Gasteiger partial charge in [-0.15, -0.1) is 0 Å². The zero-order chi connectivity index (χ0) is 15.6. The number of carboxylic acids is 1. The number of rotatable bonds is 4. The fourth-order valence-electron chi connectivity index (χ4n) is 1.75. The zero-order valence-electron chi connectivity index (χ0n) is 10.5. The van der Waals surface area contributed by atoms with E-state index in [1.165, 1.54) is 0 Å². The first kappa shape index (κ1) is 16.0. The maximum absolute atomic E-state index is 12.3. The van der Waals surface area contributed by atoms with Crippen LogP contribution in [0.4, 0.5) is 0 Å². The molecular weight excluding hydrogens is 334 g/mol. The number of aliphatic carboxylic acids is 1. The van der Waals surface area contributed by atoms with Crippen molar-refractivity contribution in [3.05, 3.63) is 39.8 Å². The molecule has 0 saturated carbocycles. The van der Waals surface area contributed by atoms with Gasteiger partial charge in [0.15, 0.2) is 6.04 Å². The van der Waals surface area contributed by atoms with Crippen molar-refractivity contribution >= 4 is 57.9 Å². The molecule has 1 aromatic rings. The highest BCUT2D eigenvalue weighted by Crippen LogP contribution is 2.34. The average molecular weight is 344 g/mol. The van der Waals surface area contributed by atoms with E-state index in [2.05, 4.69) is 0 Å². The maximum atomic E-state index is 12.3. The lowest BCUT2D eigenvalue weighted by molar-refractivity contribution is -0.146. The fraction of sp³-hybridized carbons (Fsp3) is 0.154. The summed E-state index contributed by atoms with van der Waals surface area (Å²) < 4.78 is 0.0970. The van der Waals surface area contributed by atoms with Crippen LogP contribution in [0.5, 0.6) is 0 Å². The molecule has 1 fully saturated rings. The van der Waals surface area contributed by atoms with Gasteiger partial charge in [-0.05, 0) is 17.7 Å². The third-order valence-corrected chi connectivity index (χ3v) is 4.46. The molecule has 0 spiro atoms. The van der Waals surface area contributed by atoms with E-state index in [1.54, 1.807) is 30.3 Å². The molecule has 5 nitrogen and oxygen atoms in total. The number of aliphatic hydroxyl groups is 1. The van der Waals surface area contributed by atoms with Gasteiger partial charge in [-0.3, -0.25) is 9.69 Å². The van der Waals surface area contributed by atoms with Crippen molar-refractivity contribution in [1.82, 2.24) is 4.90 Å². The van der Waals surface area contributed by atoms with Gasteiger partial charge < -0.3 is 10.2 Å². The number of carboxylic acid groups (broad SMARTS) is 1. The van der Waals surface area contributed by atoms with Crippen LogP contribution in [0, 0.1) is 0 Å². The predicted octanol–water partition coefficient (Wildman–Crippen LogP) is 1.99. The van der Waals surface area contributed by atoms with Crippen LogP contribution in [-0.2, 0) is 9.59 Å². The molecule has 0 aliphatic carbocycles. The van der Waals surface area contributed by atoms with Gasteiger partial charge in [-0.1, -0.05) is 53.8 Å². The monoisotopic (exact) mass is 343 g/mol. The summed E-state index contributed by atoms with van der Waals surface area (Å²) in [7, 11) is 0. The molecule has 1 aromatic carbocycles. The lowest BCUT2D eigenvalue weighted by atomic mass is 10.2. The smallest absolute Gasteiger partial charge is 0.329 e. The molecule has 2 N–H and O–H groups in total. The highest BCUT2D eigenvalue weighted by atomic mass is 35.5. The lowest BCUT2D eigenvalue weighted by Crippen LogP contribution is -2.46. The Bertz CT molecular complexity index is 647. The predicted molar refractivity (Wildman–Crippen MR) is 85.0 cm³/mol. The van der Waals surface area contributed by atoms with Crippen molar-refractivity contribution < 1.29 is 19.8 Å². The molecule has 110 valence electrons. The Hall–Kier alpha value is -1.41. The van der Waals surface area contributed by atoms with Crippen molar-refractivity contribution in [2.45, 2.75) is 6.04 Å².